The van der Waals surface area contributed by atoms with Crippen LogP contribution in [0, 0.1) is 0 Å². The standard InChI is InChI=1S/C8H15Cl/c1-3-5-8(7-9)6-4-2/h7H,3-6H2,1-2H3. The van der Waals surface area contributed by atoms with Gasteiger partial charge in [0.05, 0.1) is 0 Å². The molecular weight excluding hydrogens is 132 g/mol. The van der Waals surface area contributed by atoms with E-state index in [9.17, 15) is 0 Å². The fourth-order valence-corrected chi connectivity index (χ4v) is 1.09. The molecule has 0 heterocycles. The highest BCUT2D eigenvalue weighted by molar-refractivity contribution is 6.25. The summed E-state index contributed by atoms with van der Waals surface area (Å²) in [7, 11) is 0. The molecule has 0 rings (SSSR count). The molecule has 0 atom stereocenters. The van der Waals surface area contributed by atoms with Crippen LogP contribution in [0.5, 0.6) is 0 Å². The highest BCUT2D eigenvalue weighted by Crippen LogP contribution is 2.12. The zero-order valence-corrected chi connectivity index (χ0v) is 7.04. The first kappa shape index (κ1) is 9.03. The molecule has 0 aromatic heterocycles. The lowest BCUT2D eigenvalue weighted by Crippen LogP contribution is -1.79. The predicted octanol–water partition coefficient (Wildman–Crippen LogP) is 3.71. The molecule has 1 heteroatoms. The zero-order valence-electron chi connectivity index (χ0n) is 6.28. The van der Waals surface area contributed by atoms with Gasteiger partial charge in [-0.2, -0.15) is 0 Å². The van der Waals surface area contributed by atoms with Crippen LogP contribution >= 0.6 is 11.6 Å². The van der Waals surface area contributed by atoms with Gasteiger partial charge < -0.3 is 0 Å². The Morgan fingerprint density at radius 3 is 1.89 bits per heavy atom. The minimum Gasteiger partial charge on any atom is -0.0930 e. The maximum atomic E-state index is 5.56. The SMILES string of the molecule is CCCC(=CCl)CCC. The molecule has 0 saturated carbocycles. The van der Waals surface area contributed by atoms with Crippen molar-refractivity contribution in [3.05, 3.63) is 11.1 Å². The van der Waals surface area contributed by atoms with Crippen LogP contribution in [0.1, 0.15) is 39.5 Å². The number of hydrogen-bond donors (Lipinski definition) is 0. The number of halogens is 1. The Morgan fingerprint density at radius 1 is 1.22 bits per heavy atom. The second-order valence-electron chi connectivity index (χ2n) is 2.27. The largest absolute Gasteiger partial charge is 0.0930 e. The van der Waals surface area contributed by atoms with Crippen LogP contribution in [-0.2, 0) is 0 Å². The third-order valence-corrected chi connectivity index (χ3v) is 1.61. The van der Waals surface area contributed by atoms with Gasteiger partial charge in [0, 0.05) is 5.54 Å². The lowest BCUT2D eigenvalue weighted by Gasteiger charge is -1.99. The summed E-state index contributed by atoms with van der Waals surface area (Å²) in [6, 6.07) is 0. The molecule has 0 unspecified atom stereocenters. The molecule has 0 aromatic carbocycles. The van der Waals surface area contributed by atoms with Crippen molar-refractivity contribution >= 4 is 11.6 Å². The Morgan fingerprint density at radius 2 is 1.67 bits per heavy atom. The Bertz CT molecular complexity index is 76.6. The molecule has 0 N–H and O–H groups in total. The molecule has 0 aliphatic carbocycles. The minimum absolute atomic E-state index is 1.16. The van der Waals surface area contributed by atoms with E-state index in [4.69, 9.17) is 11.6 Å². The third-order valence-electron chi connectivity index (χ3n) is 1.30. The van der Waals surface area contributed by atoms with Gasteiger partial charge >= 0.3 is 0 Å². The van der Waals surface area contributed by atoms with Crippen LogP contribution in [0.2, 0.25) is 0 Å². The molecule has 0 amide bonds. The van der Waals surface area contributed by atoms with Crippen LogP contribution in [0.3, 0.4) is 0 Å². The van der Waals surface area contributed by atoms with Crippen molar-refractivity contribution in [2.24, 2.45) is 0 Å². The fourth-order valence-electron chi connectivity index (χ4n) is 0.876. The summed E-state index contributed by atoms with van der Waals surface area (Å²) in [5, 5.41) is 0. The van der Waals surface area contributed by atoms with Gasteiger partial charge in [0.1, 0.15) is 0 Å². The molecule has 0 aliphatic rings. The molecule has 0 spiro atoms. The highest BCUT2D eigenvalue weighted by Gasteiger charge is 1.91. The third kappa shape index (κ3) is 4.53. The van der Waals surface area contributed by atoms with E-state index in [1.165, 1.54) is 18.4 Å². The summed E-state index contributed by atoms with van der Waals surface area (Å²) in [6.45, 7) is 4.35. The average molecular weight is 147 g/mol. The van der Waals surface area contributed by atoms with E-state index in [1.54, 1.807) is 5.54 Å². The maximum absolute atomic E-state index is 5.56. The fraction of sp³-hybridized carbons (Fsp3) is 0.750. The number of rotatable bonds is 4. The van der Waals surface area contributed by atoms with Gasteiger partial charge in [-0.3, -0.25) is 0 Å². The monoisotopic (exact) mass is 146 g/mol. The van der Waals surface area contributed by atoms with E-state index in [1.807, 2.05) is 0 Å². The van der Waals surface area contributed by atoms with Crippen molar-refractivity contribution in [3.8, 4) is 0 Å². The molecule has 0 aliphatic heterocycles. The zero-order chi connectivity index (χ0) is 7.11. The van der Waals surface area contributed by atoms with E-state index in [0.717, 1.165) is 12.8 Å². The Kier molecular flexibility index (Phi) is 6.18. The molecule has 54 valence electrons. The number of hydrogen-bond acceptors (Lipinski definition) is 0. The van der Waals surface area contributed by atoms with Gasteiger partial charge in [0.25, 0.3) is 0 Å². The van der Waals surface area contributed by atoms with Crippen LogP contribution in [0.25, 0.3) is 0 Å². The van der Waals surface area contributed by atoms with Gasteiger partial charge in [-0.05, 0) is 12.8 Å². The summed E-state index contributed by atoms with van der Waals surface area (Å²) in [5.74, 6) is 0. The highest BCUT2D eigenvalue weighted by atomic mass is 35.5. The summed E-state index contributed by atoms with van der Waals surface area (Å²) >= 11 is 5.56. The topological polar surface area (TPSA) is 0 Å². The minimum atomic E-state index is 1.16. The van der Waals surface area contributed by atoms with Gasteiger partial charge in [-0.25, -0.2) is 0 Å². The second kappa shape index (κ2) is 6.15. The first-order chi connectivity index (χ1) is 4.35. The Balaban J connectivity index is 3.43. The first-order valence-corrected chi connectivity index (χ1v) is 4.06. The van der Waals surface area contributed by atoms with Gasteiger partial charge in [0.15, 0.2) is 0 Å². The van der Waals surface area contributed by atoms with Crippen molar-refractivity contribution in [1.82, 2.24) is 0 Å². The summed E-state index contributed by atoms with van der Waals surface area (Å²) in [5.41, 5.74) is 3.12. The van der Waals surface area contributed by atoms with Crippen molar-refractivity contribution < 1.29 is 0 Å². The molecular formula is C8H15Cl. The molecule has 0 nitrogen and oxygen atoms in total. The van der Waals surface area contributed by atoms with Crippen LogP contribution in [0.4, 0.5) is 0 Å². The molecule has 0 radical (unpaired) electrons. The van der Waals surface area contributed by atoms with Crippen LogP contribution < -0.4 is 0 Å². The van der Waals surface area contributed by atoms with Crippen molar-refractivity contribution in [1.29, 1.82) is 0 Å². The molecule has 0 bridgehead atoms. The lowest BCUT2D eigenvalue weighted by atomic mass is 10.1. The summed E-state index contributed by atoms with van der Waals surface area (Å²) in [4.78, 5) is 0. The van der Waals surface area contributed by atoms with Gasteiger partial charge in [0.2, 0.25) is 0 Å². The predicted molar refractivity (Wildman–Crippen MR) is 43.8 cm³/mol. The summed E-state index contributed by atoms with van der Waals surface area (Å²) in [6.07, 6.45) is 4.74. The van der Waals surface area contributed by atoms with Gasteiger partial charge in [-0.15, -0.1) is 0 Å². The van der Waals surface area contributed by atoms with E-state index in [-0.39, 0.29) is 0 Å². The van der Waals surface area contributed by atoms with E-state index in [2.05, 4.69) is 13.8 Å². The normalized spacial score (nSPS) is 9.22. The van der Waals surface area contributed by atoms with Crippen molar-refractivity contribution in [3.63, 3.8) is 0 Å². The van der Waals surface area contributed by atoms with Crippen LogP contribution in [0.15, 0.2) is 11.1 Å². The Labute approximate surface area is 62.9 Å². The Hall–Kier alpha value is 0.0300. The quantitative estimate of drug-likeness (QED) is 0.567. The van der Waals surface area contributed by atoms with E-state index >= 15 is 0 Å². The van der Waals surface area contributed by atoms with E-state index in [0.29, 0.717) is 0 Å². The lowest BCUT2D eigenvalue weighted by molar-refractivity contribution is 0.806. The second-order valence-corrected chi connectivity index (χ2v) is 2.49. The maximum Gasteiger partial charge on any atom is 0.00344 e. The molecule has 0 saturated heterocycles. The molecule has 0 fully saturated rings. The summed E-state index contributed by atoms with van der Waals surface area (Å²) < 4.78 is 0. The van der Waals surface area contributed by atoms with Crippen molar-refractivity contribution in [2.45, 2.75) is 39.5 Å². The van der Waals surface area contributed by atoms with Crippen LogP contribution in [-0.4, -0.2) is 0 Å². The average Bonchev–Trinajstić information content (AvgIpc) is 1.88. The smallest absolute Gasteiger partial charge is 0.00344 e. The number of allylic oxidation sites excluding steroid dienone is 1. The van der Waals surface area contributed by atoms with Gasteiger partial charge in [-0.1, -0.05) is 43.9 Å². The molecule has 9 heavy (non-hydrogen) atoms. The first-order valence-electron chi connectivity index (χ1n) is 3.63. The van der Waals surface area contributed by atoms with Crippen molar-refractivity contribution in [2.75, 3.05) is 0 Å². The van der Waals surface area contributed by atoms with E-state index < -0.39 is 0 Å². The molecule has 0 aromatic rings.